The normalized spacial score (nSPS) is 13.7. The highest BCUT2D eigenvalue weighted by Gasteiger charge is 2.27. The van der Waals surface area contributed by atoms with Crippen molar-refractivity contribution in [2.45, 2.75) is 52.6 Å². The monoisotopic (exact) mass is 345 g/mol. The van der Waals surface area contributed by atoms with E-state index in [9.17, 15) is 13.2 Å². The fourth-order valence-electron chi connectivity index (χ4n) is 1.93. The minimum absolute atomic E-state index is 0.0672. The van der Waals surface area contributed by atoms with Gasteiger partial charge >= 0.3 is 6.18 Å². The van der Waals surface area contributed by atoms with Gasteiger partial charge < -0.3 is 15.4 Å². The zero-order valence-corrected chi connectivity index (χ0v) is 14.4. The van der Waals surface area contributed by atoms with Crippen molar-refractivity contribution in [3.8, 4) is 0 Å². The maximum Gasteiger partial charge on any atom is 0.411 e. The fraction of sp³-hybridized carbons (Fsp3) is 0.588. The Morgan fingerprint density at radius 1 is 1.25 bits per heavy atom. The third-order valence-corrected chi connectivity index (χ3v) is 3.29. The van der Waals surface area contributed by atoms with E-state index in [1.54, 1.807) is 12.1 Å². The highest BCUT2D eigenvalue weighted by atomic mass is 19.4. The van der Waals surface area contributed by atoms with Gasteiger partial charge in [0.2, 0.25) is 0 Å². The molecule has 0 radical (unpaired) electrons. The van der Waals surface area contributed by atoms with Gasteiger partial charge in [0.05, 0.1) is 13.2 Å². The van der Waals surface area contributed by atoms with Crippen LogP contribution < -0.4 is 10.6 Å². The van der Waals surface area contributed by atoms with Crippen LogP contribution in [0.5, 0.6) is 0 Å². The number of hydrogen-bond donors (Lipinski definition) is 2. The Kier molecular flexibility index (Phi) is 8.60. The SMILES string of the molecule is CCNC(=NCc1cccc(COCC(F)(F)F)c1)NC(C)CC. The Labute approximate surface area is 141 Å². The van der Waals surface area contributed by atoms with Crippen LogP contribution in [-0.4, -0.2) is 31.3 Å². The number of rotatable bonds is 8. The number of guanidine groups is 1. The zero-order valence-electron chi connectivity index (χ0n) is 14.4. The molecule has 1 unspecified atom stereocenters. The molecule has 24 heavy (non-hydrogen) atoms. The summed E-state index contributed by atoms with van der Waals surface area (Å²) in [6.07, 6.45) is -3.32. The van der Waals surface area contributed by atoms with E-state index in [0.29, 0.717) is 18.2 Å². The summed E-state index contributed by atoms with van der Waals surface area (Å²) in [6, 6.07) is 7.55. The summed E-state index contributed by atoms with van der Waals surface area (Å²) in [5.74, 6) is 0.727. The molecule has 0 saturated heterocycles. The second-order valence-corrected chi connectivity index (χ2v) is 5.58. The summed E-state index contributed by atoms with van der Waals surface area (Å²) >= 11 is 0. The minimum Gasteiger partial charge on any atom is -0.367 e. The van der Waals surface area contributed by atoms with E-state index >= 15 is 0 Å². The number of alkyl halides is 3. The molecule has 1 aromatic rings. The Morgan fingerprint density at radius 3 is 2.58 bits per heavy atom. The van der Waals surface area contributed by atoms with Crippen molar-refractivity contribution in [2.24, 2.45) is 4.99 Å². The van der Waals surface area contributed by atoms with Crippen LogP contribution in [-0.2, 0) is 17.9 Å². The summed E-state index contributed by atoms with van der Waals surface area (Å²) < 4.78 is 41.0. The van der Waals surface area contributed by atoms with Crippen molar-refractivity contribution >= 4 is 5.96 Å². The van der Waals surface area contributed by atoms with E-state index in [0.717, 1.165) is 24.5 Å². The summed E-state index contributed by atoms with van der Waals surface area (Å²) in [6.45, 7) is 6.05. The highest BCUT2D eigenvalue weighted by Crippen LogP contribution is 2.16. The molecule has 0 aliphatic rings. The molecule has 0 spiro atoms. The van der Waals surface area contributed by atoms with Crippen LogP contribution in [0.3, 0.4) is 0 Å². The van der Waals surface area contributed by atoms with Crippen molar-refractivity contribution in [2.75, 3.05) is 13.2 Å². The van der Waals surface area contributed by atoms with Crippen LogP contribution in [0.25, 0.3) is 0 Å². The van der Waals surface area contributed by atoms with Crippen LogP contribution >= 0.6 is 0 Å². The molecule has 0 aliphatic heterocycles. The van der Waals surface area contributed by atoms with Crippen molar-refractivity contribution in [1.82, 2.24) is 10.6 Å². The molecule has 0 aliphatic carbocycles. The third-order valence-electron chi connectivity index (χ3n) is 3.29. The van der Waals surface area contributed by atoms with Gasteiger partial charge in [-0.25, -0.2) is 4.99 Å². The van der Waals surface area contributed by atoms with Crippen LogP contribution in [0.1, 0.15) is 38.3 Å². The van der Waals surface area contributed by atoms with E-state index < -0.39 is 12.8 Å². The lowest BCUT2D eigenvalue weighted by Gasteiger charge is -2.16. The lowest BCUT2D eigenvalue weighted by molar-refractivity contribution is -0.176. The van der Waals surface area contributed by atoms with Gasteiger partial charge in [0.15, 0.2) is 5.96 Å². The van der Waals surface area contributed by atoms with Crippen LogP contribution in [0.4, 0.5) is 13.2 Å². The predicted molar refractivity (Wildman–Crippen MR) is 89.9 cm³/mol. The Morgan fingerprint density at radius 2 is 1.96 bits per heavy atom. The lowest BCUT2D eigenvalue weighted by Crippen LogP contribution is -2.41. The average Bonchev–Trinajstić information content (AvgIpc) is 2.52. The number of ether oxygens (including phenoxy) is 1. The van der Waals surface area contributed by atoms with Crippen LogP contribution in [0.2, 0.25) is 0 Å². The van der Waals surface area contributed by atoms with Gasteiger partial charge in [-0.05, 0) is 31.4 Å². The third kappa shape index (κ3) is 8.76. The van der Waals surface area contributed by atoms with Gasteiger partial charge in [-0.2, -0.15) is 13.2 Å². The van der Waals surface area contributed by atoms with Crippen molar-refractivity contribution in [3.05, 3.63) is 35.4 Å². The molecule has 0 bridgehead atoms. The molecule has 2 N–H and O–H groups in total. The van der Waals surface area contributed by atoms with Gasteiger partial charge in [-0.15, -0.1) is 0 Å². The van der Waals surface area contributed by atoms with Gasteiger partial charge in [0, 0.05) is 12.6 Å². The molecule has 1 atom stereocenters. The Balaban J connectivity index is 2.62. The summed E-state index contributed by atoms with van der Waals surface area (Å²) in [4.78, 5) is 4.51. The largest absolute Gasteiger partial charge is 0.411 e. The maximum atomic E-state index is 12.1. The highest BCUT2D eigenvalue weighted by molar-refractivity contribution is 5.80. The van der Waals surface area contributed by atoms with E-state index in [1.165, 1.54) is 0 Å². The first-order valence-corrected chi connectivity index (χ1v) is 8.11. The van der Waals surface area contributed by atoms with Gasteiger partial charge in [-0.1, -0.05) is 31.2 Å². The number of nitrogens with zero attached hydrogens (tertiary/aromatic N) is 1. The summed E-state index contributed by atoms with van der Waals surface area (Å²) in [7, 11) is 0. The van der Waals surface area contributed by atoms with E-state index in [2.05, 4.69) is 34.2 Å². The number of nitrogens with one attached hydrogen (secondary N) is 2. The second kappa shape index (κ2) is 10.2. The molecule has 136 valence electrons. The molecule has 7 heteroatoms. The number of benzene rings is 1. The molecule has 4 nitrogen and oxygen atoms in total. The van der Waals surface area contributed by atoms with Gasteiger partial charge in [0.1, 0.15) is 6.61 Å². The van der Waals surface area contributed by atoms with Gasteiger partial charge in [0.25, 0.3) is 0 Å². The van der Waals surface area contributed by atoms with Crippen LogP contribution in [0, 0.1) is 0 Å². The topological polar surface area (TPSA) is 45.7 Å². The molecular weight excluding hydrogens is 319 g/mol. The average molecular weight is 345 g/mol. The minimum atomic E-state index is -4.30. The molecule has 1 rings (SSSR count). The molecule has 0 aromatic heterocycles. The standard InChI is InChI=1S/C17H26F3N3O/c1-4-13(3)23-16(21-5-2)22-10-14-7-6-8-15(9-14)11-24-12-17(18,19)20/h6-9,13H,4-5,10-12H2,1-3H3,(H2,21,22,23). The smallest absolute Gasteiger partial charge is 0.367 e. The molecule has 0 fully saturated rings. The molecule has 1 aromatic carbocycles. The molecule has 0 amide bonds. The second-order valence-electron chi connectivity index (χ2n) is 5.58. The van der Waals surface area contributed by atoms with Crippen molar-refractivity contribution < 1.29 is 17.9 Å². The van der Waals surface area contributed by atoms with E-state index in [4.69, 9.17) is 0 Å². The zero-order chi connectivity index (χ0) is 18.0. The van der Waals surface area contributed by atoms with Gasteiger partial charge in [-0.3, -0.25) is 0 Å². The maximum absolute atomic E-state index is 12.1. The van der Waals surface area contributed by atoms with Crippen LogP contribution in [0.15, 0.2) is 29.3 Å². The molecule has 0 saturated carbocycles. The fourth-order valence-corrected chi connectivity index (χ4v) is 1.93. The van der Waals surface area contributed by atoms with E-state index in [-0.39, 0.29) is 6.61 Å². The Bertz CT molecular complexity index is 518. The van der Waals surface area contributed by atoms with Crippen molar-refractivity contribution in [3.63, 3.8) is 0 Å². The first-order valence-electron chi connectivity index (χ1n) is 8.11. The van der Waals surface area contributed by atoms with E-state index in [1.807, 2.05) is 19.1 Å². The number of halogens is 3. The Hall–Kier alpha value is -1.76. The quantitative estimate of drug-likeness (QED) is 0.559. The molecule has 0 heterocycles. The predicted octanol–water partition coefficient (Wildman–Crippen LogP) is 3.62. The first kappa shape index (κ1) is 20.3. The number of hydrogen-bond acceptors (Lipinski definition) is 2. The van der Waals surface area contributed by atoms with Crippen molar-refractivity contribution in [1.29, 1.82) is 0 Å². The summed E-state index contributed by atoms with van der Waals surface area (Å²) in [5, 5.41) is 6.47. The molecular formula is C17H26F3N3O. The number of aliphatic imine (C=N–C) groups is 1. The lowest BCUT2D eigenvalue weighted by atomic mass is 10.1. The first-order chi connectivity index (χ1) is 11.3. The summed E-state index contributed by atoms with van der Waals surface area (Å²) in [5.41, 5.74) is 1.62.